The molecule has 11 heteroatoms. The van der Waals surface area contributed by atoms with Gasteiger partial charge in [-0.1, -0.05) is 0 Å². The molecule has 3 aromatic rings. The number of fused-ring (bicyclic) bond motifs is 1. The van der Waals surface area contributed by atoms with Crippen LogP contribution in [0, 0.1) is 5.82 Å². The highest BCUT2D eigenvalue weighted by atomic mass is 32.1. The van der Waals surface area contributed by atoms with Gasteiger partial charge in [0.2, 0.25) is 0 Å². The van der Waals surface area contributed by atoms with Gasteiger partial charge in [-0.3, -0.25) is 9.59 Å². The standard InChI is InChI=1S/C18H12F4N2O4S/c1-2-28-17(27)10-5-8-6-11(19)13(18(20,21)22)12(14(8)24-15(10)25)16(26)23-9-3-4-29-7-9/h3-7H,2H2,1H3,(H,23,26)(H,24,25). The number of thiophene rings is 1. The molecule has 0 aliphatic carbocycles. The lowest BCUT2D eigenvalue weighted by Gasteiger charge is -2.16. The predicted octanol–water partition coefficient (Wildman–Crippen LogP) is 4.18. The van der Waals surface area contributed by atoms with Crippen molar-refractivity contribution in [1.29, 1.82) is 0 Å². The van der Waals surface area contributed by atoms with Crippen LogP contribution < -0.4 is 10.9 Å². The number of H-pyrrole nitrogens is 1. The summed E-state index contributed by atoms with van der Waals surface area (Å²) in [5.74, 6) is -4.01. The van der Waals surface area contributed by atoms with Crippen molar-refractivity contribution in [2.24, 2.45) is 0 Å². The molecule has 0 radical (unpaired) electrons. The van der Waals surface area contributed by atoms with E-state index in [9.17, 15) is 31.9 Å². The van der Waals surface area contributed by atoms with Crippen LogP contribution in [0.3, 0.4) is 0 Å². The molecule has 0 aliphatic rings. The third kappa shape index (κ3) is 3.99. The molecule has 29 heavy (non-hydrogen) atoms. The Balaban J connectivity index is 2.29. The second-order valence-corrected chi connectivity index (χ2v) is 6.55. The lowest BCUT2D eigenvalue weighted by atomic mass is 9.99. The molecule has 0 saturated heterocycles. The molecule has 152 valence electrons. The maximum Gasteiger partial charge on any atom is 0.420 e. The number of aromatic amines is 1. The van der Waals surface area contributed by atoms with Gasteiger partial charge in [0, 0.05) is 10.8 Å². The molecule has 0 saturated carbocycles. The fourth-order valence-electron chi connectivity index (χ4n) is 2.71. The van der Waals surface area contributed by atoms with Crippen LogP contribution in [-0.4, -0.2) is 23.5 Å². The number of hydrogen-bond donors (Lipinski definition) is 2. The van der Waals surface area contributed by atoms with Crippen LogP contribution in [0.15, 0.2) is 33.8 Å². The van der Waals surface area contributed by atoms with Crippen LogP contribution in [0.1, 0.15) is 33.2 Å². The normalized spacial score (nSPS) is 11.5. The van der Waals surface area contributed by atoms with Gasteiger partial charge in [0.15, 0.2) is 0 Å². The van der Waals surface area contributed by atoms with Crippen LogP contribution in [0.25, 0.3) is 10.9 Å². The molecule has 0 unspecified atom stereocenters. The molecule has 0 aliphatic heterocycles. The number of rotatable bonds is 4. The zero-order valence-electron chi connectivity index (χ0n) is 14.6. The Morgan fingerprint density at radius 1 is 1.28 bits per heavy atom. The number of alkyl halides is 3. The van der Waals surface area contributed by atoms with Gasteiger partial charge in [-0.15, -0.1) is 0 Å². The maximum absolute atomic E-state index is 14.4. The lowest BCUT2D eigenvalue weighted by molar-refractivity contribution is -0.140. The van der Waals surface area contributed by atoms with E-state index < -0.39 is 51.6 Å². The number of amides is 1. The summed E-state index contributed by atoms with van der Waals surface area (Å²) in [6.07, 6.45) is -5.21. The van der Waals surface area contributed by atoms with E-state index in [2.05, 4.69) is 10.3 Å². The Morgan fingerprint density at radius 3 is 2.59 bits per heavy atom. The van der Waals surface area contributed by atoms with Crippen LogP contribution in [-0.2, 0) is 10.9 Å². The summed E-state index contributed by atoms with van der Waals surface area (Å²) in [5.41, 5.74) is -4.85. The molecule has 1 amide bonds. The summed E-state index contributed by atoms with van der Waals surface area (Å²) in [4.78, 5) is 38.8. The molecule has 0 spiro atoms. The third-order valence-electron chi connectivity index (χ3n) is 3.88. The minimum absolute atomic E-state index is 0.0496. The summed E-state index contributed by atoms with van der Waals surface area (Å²) in [5, 5.41) is 5.02. The van der Waals surface area contributed by atoms with E-state index >= 15 is 0 Å². The van der Waals surface area contributed by atoms with E-state index in [1.165, 1.54) is 29.7 Å². The predicted molar refractivity (Wildman–Crippen MR) is 97.8 cm³/mol. The topological polar surface area (TPSA) is 88.3 Å². The van der Waals surface area contributed by atoms with E-state index in [0.29, 0.717) is 6.07 Å². The highest BCUT2D eigenvalue weighted by Crippen LogP contribution is 2.37. The number of benzene rings is 1. The Morgan fingerprint density at radius 2 is 2.00 bits per heavy atom. The molecule has 2 heterocycles. The molecular formula is C18H12F4N2O4S. The summed E-state index contributed by atoms with van der Waals surface area (Å²) >= 11 is 1.19. The number of aromatic nitrogens is 1. The van der Waals surface area contributed by atoms with Crippen LogP contribution in [0.2, 0.25) is 0 Å². The number of carbonyl (C=O) groups is 2. The van der Waals surface area contributed by atoms with Crippen LogP contribution >= 0.6 is 11.3 Å². The van der Waals surface area contributed by atoms with Gasteiger partial charge in [-0.25, -0.2) is 9.18 Å². The first kappa shape index (κ1) is 20.5. The molecular weight excluding hydrogens is 416 g/mol. The largest absolute Gasteiger partial charge is 0.462 e. The van der Waals surface area contributed by atoms with Gasteiger partial charge in [-0.05, 0) is 30.5 Å². The van der Waals surface area contributed by atoms with Crippen LogP contribution in [0.4, 0.5) is 23.2 Å². The first-order valence-electron chi connectivity index (χ1n) is 8.10. The van der Waals surface area contributed by atoms with Gasteiger partial charge < -0.3 is 15.0 Å². The Labute approximate surface area is 164 Å². The number of ether oxygens (including phenoxy) is 1. The molecule has 3 rings (SSSR count). The van der Waals surface area contributed by atoms with Gasteiger partial charge >= 0.3 is 12.1 Å². The van der Waals surface area contributed by atoms with Crippen molar-refractivity contribution in [3.8, 4) is 0 Å². The van der Waals surface area contributed by atoms with Crippen molar-refractivity contribution >= 4 is 39.8 Å². The van der Waals surface area contributed by atoms with Gasteiger partial charge in [0.25, 0.3) is 11.5 Å². The number of esters is 1. The third-order valence-corrected chi connectivity index (χ3v) is 4.56. The molecule has 0 bridgehead atoms. The van der Waals surface area contributed by atoms with Crippen molar-refractivity contribution in [2.45, 2.75) is 13.1 Å². The van der Waals surface area contributed by atoms with E-state index in [4.69, 9.17) is 4.74 Å². The molecule has 2 aromatic heterocycles. The Bertz CT molecular complexity index is 1150. The fraction of sp³-hybridized carbons (Fsp3) is 0.167. The van der Waals surface area contributed by atoms with Gasteiger partial charge in [-0.2, -0.15) is 24.5 Å². The van der Waals surface area contributed by atoms with Crippen molar-refractivity contribution in [1.82, 2.24) is 4.98 Å². The number of nitrogens with one attached hydrogen (secondary N) is 2. The zero-order chi connectivity index (χ0) is 21.3. The average molecular weight is 428 g/mol. The van der Waals surface area contributed by atoms with Gasteiger partial charge in [0.1, 0.15) is 16.9 Å². The first-order chi connectivity index (χ1) is 13.6. The minimum Gasteiger partial charge on any atom is -0.462 e. The average Bonchev–Trinajstić information content (AvgIpc) is 3.12. The monoisotopic (exact) mass is 428 g/mol. The van der Waals surface area contributed by atoms with Crippen molar-refractivity contribution < 1.29 is 31.9 Å². The van der Waals surface area contributed by atoms with E-state index in [-0.39, 0.29) is 17.7 Å². The zero-order valence-corrected chi connectivity index (χ0v) is 15.5. The first-order valence-corrected chi connectivity index (χ1v) is 9.05. The van der Waals surface area contributed by atoms with E-state index in [0.717, 1.165) is 6.07 Å². The number of anilines is 1. The minimum atomic E-state index is -5.21. The fourth-order valence-corrected chi connectivity index (χ4v) is 3.30. The number of carbonyl (C=O) groups excluding carboxylic acids is 2. The second kappa shape index (κ2) is 7.66. The van der Waals surface area contributed by atoms with Crippen LogP contribution in [0.5, 0.6) is 0 Å². The summed E-state index contributed by atoms with van der Waals surface area (Å²) < 4.78 is 59.6. The maximum atomic E-state index is 14.4. The second-order valence-electron chi connectivity index (χ2n) is 5.77. The molecule has 0 fully saturated rings. The van der Waals surface area contributed by atoms with E-state index in [1.807, 2.05) is 0 Å². The Hall–Kier alpha value is -3.21. The molecule has 0 atom stereocenters. The Kier molecular flexibility index (Phi) is 5.42. The highest BCUT2D eigenvalue weighted by Gasteiger charge is 2.40. The van der Waals surface area contributed by atoms with Crippen molar-refractivity contribution in [3.05, 3.63) is 61.8 Å². The summed E-state index contributed by atoms with van der Waals surface area (Å²) in [6, 6.07) is 2.83. The summed E-state index contributed by atoms with van der Waals surface area (Å²) in [7, 11) is 0. The van der Waals surface area contributed by atoms with Crippen molar-refractivity contribution in [3.63, 3.8) is 0 Å². The quantitative estimate of drug-likeness (QED) is 0.482. The van der Waals surface area contributed by atoms with Crippen molar-refractivity contribution in [2.75, 3.05) is 11.9 Å². The molecule has 6 nitrogen and oxygen atoms in total. The van der Waals surface area contributed by atoms with Gasteiger partial charge in [0.05, 0.1) is 23.4 Å². The number of halogens is 4. The number of hydrogen-bond acceptors (Lipinski definition) is 5. The highest BCUT2D eigenvalue weighted by molar-refractivity contribution is 7.08. The molecule has 2 N–H and O–H groups in total. The lowest BCUT2D eigenvalue weighted by Crippen LogP contribution is -2.24. The summed E-state index contributed by atoms with van der Waals surface area (Å²) in [6.45, 7) is 1.45. The number of pyridine rings is 1. The molecule has 1 aromatic carbocycles. The smallest absolute Gasteiger partial charge is 0.420 e. The van der Waals surface area contributed by atoms with E-state index in [1.54, 1.807) is 5.38 Å². The SMILES string of the molecule is CCOC(=O)c1cc2cc(F)c(C(F)(F)F)c(C(=O)Nc3ccsc3)c2[nH]c1=O.